The molecule has 9 nitrogen and oxygen atoms in total. The highest BCUT2D eigenvalue weighted by molar-refractivity contribution is 7.99. The Morgan fingerprint density at radius 2 is 1.60 bits per heavy atom. The van der Waals surface area contributed by atoms with Gasteiger partial charge in [0.1, 0.15) is 18.2 Å². The van der Waals surface area contributed by atoms with Crippen LogP contribution in [-0.4, -0.2) is 55.0 Å². The summed E-state index contributed by atoms with van der Waals surface area (Å²) in [5.41, 5.74) is 10.0. The van der Waals surface area contributed by atoms with E-state index in [2.05, 4.69) is 60.0 Å². The van der Waals surface area contributed by atoms with Crippen LogP contribution in [0.5, 0.6) is 0 Å². The van der Waals surface area contributed by atoms with Gasteiger partial charge >= 0.3 is 7.60 Å². The Morgan fingerprint density at radius 1 is 0.953 bits per heavy atom. The van der Waals surface area contributed by atoms with Gasteiger partial charge in [0.15, 0.2) is 11.5 Å². The molecule has 0 aliphatic heterocycles. The van der Waals surface area contributed by atoms with Crippen molar-refractivity contribution in [1.82, 2.24) is 19.5 Å². The van der Waals surface area contributed by atoms with Gasteiger partial charge in [-0.2, -0.15) is 11.8 Å². The molecule has 0 saturated carbocycles. The van der Waals surface area contributed by atoms with Gasteiger partial charge in [-0.25, -0.2) is 15.0 Å². The Kier molecular flexibility index (Phi) is 15.0. The Balaban J connectivity index is 1.11. The largest absolute Gasteiger partial charge is 0.382 e. The summed E-state index contributed by atoms with van der Waals surface area (Å²) in [5.74, 6) is 2.06. The molecule has 0 radical (unpaired) electrons. The average molecular weight is 634 g/mol. The summed E-state index contributed by atoms with van der Waals surface area (Å²) in [6, 6.07) is 9.17. The number of thioether (sulfide) groups is 1. The first kappa shape index (κ1) is 35.5. The van der Waals surface area contributed by atoms with Gasteiger partial charge < -0.3 is 24.5 Å². The lowest BCUT2D eigenvalue weighted by Gasteiger charge is -2.19. The number of fused-ring (bicyclic) bond motifs is 1. The minimum Gasteiger partial charge on any atom is -0.382 e. The number of unbranched alkanes of at least 4 members (excludes halogenated alkanes) is 8. The van der Waals surface area contributed by atoms with E-state index in [4.69, 9.17) is 15.0 Å². The van der Waals surface area contributed by atoms with Crippen LogP contribution in [-0.2, 0) is 32.2 Å². The van der Waals surface area contributed by atoms with Gasteiger partial charge in [0.25, 0.3) is 0 Å². The van der Waals surface area contributed by atoms with Crippen molar-refractivity contribution >= 4 is 36.3 Å². The summed E-state index contributed by atoms with van der Waals surface area (Å²) in [4.78, 5) is 22.5. The van der Waals surface area contributed by atoms with E-state index in [0.717, 1.165) is 5.75 Å². The van der Waals surface area contributed by atoms with Gasteiger partial charge in [-0.15, -0.1) is 0 Å². The minimum absolute atomic E-state index is 0.226. The number of nitrogen functional groups attached to an aromatic ring is 1. The van der Waals surface area contributed by atoms with Gasteiger partial charge in [0, 0.05) is 5.75 Å². The lowest BCUT2D eigenvalue weighted by atomic mass is 9.86. The summed E-state index contributed by atoms with van der Waals surface area (Å²) < 4.78 is 25.0. The third kappa shape index (κ3) is 13.3. The monoisotopic (exact) mass is 633 g/mol. The maximum absolute atomic E-state index is 12.3. The smallest absolute Gasteiger partial charge is 0.353 e. The molecule has 11 heteroatoms. The number of hydrogen-bond acceptors (Lipinski definition) is 8. The van der Waals surface area contributed by atoms with Crippen LogP contribution < -0.4 is 5.73 Å². The SMILES string of the molecule is C[C@H](Cn1cnc2c(N)ncnc21)OCP(=O)(O)OCCSCCCCCCCCCCCc1ccc(C(C)(C)C)cc1. The van der Waals surface area contributed by atoms with E-state index >= 15 is 0 Å². The molecule has 3 N–H and O–H groups in total. The van der Waals surface area contributed by atoms with Gasteiger partial charge in [-0.1, -0.05) is 90.0 Å². The van der Waals surface area contributed by atoms with Crippen LogP contribution >= 0.6 is 19.4 Å². The van der Waals surface area contributed by atoms with E-state index in [9.17, 15) is 9.46 Å². The fraction of sp³-hybridized carbons (Fsp3) is 0.656. The van der Waals surface area contributed by atoms with Crippen LogP contribution in [0.15, 0.2) is 36.9 Å². The van der Waals surface area contributed by atoms with Crippen LogP contribution in [0.25, 0.3) is 11.2 Å². The molecule has 3 aromatic rings. The molecule has 3 rings (SSSR count). The molecular formula is C32H52N5O4PS. The molecule has 2 heterocycles. The van der Waals surface area contributed by atoms with Crippen molar-refractivity contribution < 1.29 is 18.7 Å². The molecule has 240 valence electrons. The van der Waals surface area contributed by atoms with Crippen molar-refractivity contribution in [3.05, 3.63) is 48.0 Å². The molecule has 0 fully saturated rings. The maximum atomic E-state index is 12.3. The third-order valence-corrected chi connectivity index (χ3v) is 9.59. The molecule has 0 spiro atoms. The number of aryl methyl sites for hydroxylation is 1. The minimum atomic E-state index is -3.81. The first-order valence-corrected chi connectivity index (χ1v) is 18.6. The van der Waals surface area contributed by atoms with E-state index in [0.29, 0.717) is 29.3 Å². The van der Waals surface area contributed by atoms with Crippen LogP contribution in [0.3, 0.4) is 0 Å². The number of benzene rings is 1. The van der Waals surface area contributed by atoms with Crippen LogP contribution in [0.2, 0.25) is 0 Å². The van der Waals surface area contributed by atoms with Crippen molar-refractivity contribution in [1.29, 1.82) is 0 Å². The molecule has 0 aliphatic carbocycles. The topological polar surface area (TPSA) is 125 Å². The number of rotatable bonds is 21. The zero-order valence-electron chi connectivity index (χ0n) is 26.5. The van der Waals surface area contributed by atoms with Crippen molar-refractivity contribution in [3.63, 3.8) is 0 Å². The maximum Gasteiger partial charge on any atom is 0.353 e. The predicted octanol–water partition coefficient (Wildman–Crippen LogP) is 7.76. The van der Waals surface area contributed by atoms with Crippen molar-refractivity contribution in [2.24, 2.45) is 0 Å². The molecule has 43 heavy (non-hydrogen) atoms. The highest BCUT2D eigenvalue weighted by Gasteiger charge is 2.22. The number of hydrogen-bond donors (Lipinski definition) is 2. The van der Waals surface area contributed by atoms with Gasteiger partial charge in [0.05, 0.1) is 25.6 Å². The highest BCUT2D eigenvalue weighted by Crippen LogP contribution is 2.42. The van der Waals surface area contributed by atoms with E-state index in [1.54, 1.807) is 22.7 Å². The molecular weight excluding hydrogens is 581 g/mol. The Labute approximate surface area is 262 Å². The fourth-order valence-electron chi connectivity index (χ4n) is 4.90. The molecule has 0 amide bonds. The van der Waals surface area contributed by atoms with Gasteiger partial charge in [0.2, 0.25) is 0 Å². The first-order valence-electron chi connectivity index (χ1n) is 15.7. The van der Waals surface area contributed by atoms with Crippen molar-refractivity contribution in [2.45, 2.75) is 110 Å². The molecule has 2 atom stereocenters. The second kappa shape index (κ2) is 18.1. The first-order chi connectivity index (χ1) is 20.5. The summed E-state index contributed by atoms with van der Waals surface area (Å²) in [6.45, 7) is 9.26. The van der Waals surface area contributed by atoms with Gasteiger partial charge in [-0.3, -0.25) is 4.57 Å². The number of anilines is 1. The number of aromatic nitrogens is 4. The zero-order chi connectivity index (χ0) is 31.1. The molecule has 2 aromatic heterocycles. The predicted molar refractivity (Wildman–Crippen MR) is 179 cm³/mol. The second-order valence-electron chi connectivity index (χ2n) is 12.4. The molecule has 0 aliphatic rings. The van der Waals surface area contributed by atoms with Crippen LogP contribution in [0.1, 0.15) is 96.6 Å². The number of nitrogens with two attached hydrogens (primary N) is 1. The van der Waals surface area contributed by atoms with Crippen LogP contribution in [0, 0.1) is 0 Å². The Morgan fingerprint density at radius 3 is 2.28 bits per heavy atom. The van der Waals surface area contributed by atoms with E-state index in [1.165, 1.54) is 81.7 Å². The highest BCUT2D eigenvalue weighted by atomic mass is 32.2. The summed E-state index contributed by atoms with van der Waals surface area (Å²) in [6.07, 6.45) is 15.1. The number of imidazole rings is 1. The number of ether oxygens (including phenoxy) is 1. The summed E-state index contributed by atoms with van der Waals surface area (Å²) >= 11 is 1.77. The average Bonchev–Trinajstić information content (AvgIpc) is 3.37. The Bertz CT molecular complexity index is 1260. The normalized spacial score (nSPS) is 14.3. The molecule has 0 bridgehead atoms. The lowest BCUT2D eigenvalue weighted by molar-refractivity contribution is 0.0724. The lowest BCUT2D eigenvalue weighted by Crippen LogP contribution is -2.17. The van der Waals surface area contributed by atoms with Gasteiger partial charge in [-0.05, 0) is 48.5 Å². The van der Waals surface area contributed by atoms with E-state index in [1.807, 2.05) is 6.92 Å². The summed E-state index contributed by atoms with van der Waals surface area (Å²) in [5, 5.41) is 0. The molecule has 1 unspecified atom stereocenters. The third-order valence-electron chi connectivity index (χ3n) is 7.50. The summed E-state index contributed by atoms with van der Waals surface area (Å²) in [7, 11) is -3.81. The second-order valence-corrected chi connectivity index (χ2v) is 15.4. The molecule has 0 saturated heterocycles. The quantitative estimate of drug-likeness (QED) is 0.0894. The zero-order valence-corrected chi connectivity index (χ0v) is 28.3. The Hall–Kier alpha value is -1.97. The van der Waals surface area contributed by atoms with E-state index in [-0.39, 0.29) is 24.5 Å². The fourth-order valence-corrected chi connectivity index (χ4v) is 6.73. The standard InChI is InChI=1S/C32H52N5O4PS/c1-26(22-37-24-36-29-30(33)34-23-35-31(29)37)40-25-42(38,39)41-19-21-43-20-13-11-9-7-5-6-8-10-12-14-27-15-17-28(18-16-27)32(2,3)4/h15-18,23-24,26H,5-14,19-22,25H2,1-4H3,(H,38,39)(H2,33,34,35)/t26-/m1/s1. The number of nitrogens with zero attached hydrogens (tertiary/aromatic N) is 4. The molecule has 1 aromatic carbocycles. The van der Waals surface area contributed by atoms with Crippen molar-refractivity contribution in [2.75, 3.05) is 30.2 Å². The van der Waals surface area contributed by atoms with E-state index < -0.39 is 7.60 Å². The van der Waals surface area contributed by atoms with Crippen molar-refractivity contribution in [3.8, 4) is 0 Å². The van der Waals surface area contributed by atoms with Crippen LogP contribution in [0.4, 0.5) is 5.82 Å².